The summed E-state index contributed by atoms with van der Waals surface area (Å²) in [6, 6.07) is 5.20. The van der Waals surface area contributed by atoms with Crippen LogP contribution in [0.4, 0.5) is 8.78 Å². The first-order chi connectivity index (χ1) is 11.5. The predicted octanol–water partition coefficient (Wildman–Crippen LogP) is 4.76. The Labute approximate surface area is 144 Å². The average Bonchev–Trinajstić information content (AvgIpc) is 3.26. The maximum atomic E-state index is 13.6. The molecule has 1 fully saturated rings. The van der Waals surface area contributed by atoms with E-state index in [0.29, 0.717) is 5.69 Å². The van der Waals surface area contributed by atoms with Crippen molar-refractivity contribution in [1.82, 2.24) is 14.5 Å². The first kappa shape index (κ1) is 15.6. The molecule has 0 aromatic carbocycles. The molecule has 124 valence electrons. The van der Waals surface area contributed by atoms with Gasteiger partial charge in [0.15, 0.2) is 4.77 Å². The molecule has 0 spiro atoms. The van der Waals surface area contributed by atoms with Crippen molar-refractivity contribution in [3.63, 3.8) is 0 Å². The van der Waals surface area contributed by atoms with E-state index in [9.17, 15) is 13.6 Å². The van der Waals surface area contributed by atoms with E-state index in [1.54, 1.807) is 4.57 Å². The van der Waals surface area contributed by atoms with E-state index in [1.165, 1.54) is 17.4 Å². The van der Waals surface area contributed by atoms with Crippen LogP contribution in [-0.2, 0) is 0 Å². The predicted molar refractivity (Wildman–Crippen MR) is 92.5 cm³/mol. The molecular weight excluding hydrogens is 352 g/mol. The van der Waals surface area contributed by atoms with Crippen LogP contribution in [0.2, 0.25) is 0 Å². The zero-order chi connectivity index (χ0) is 17.0. The molecule has 0 unspecified atom stereocenters. The monoisotopic (exact) mass is 365 g/mol. The Bertz CT molecular complexity index is 1060. The molecule has 1 aliphatic carbocycles. The van der Waals surface area contributed by atoms with E-state index in [1.807, 2.05) is 19.1 Å². The van der Waals surface area contributed by atoms with Crippen molar-refractivity contribution in [1.29, 1.82) is 0 Å². The number of thiophene rings is 1. The fraction of sp³-hybridized carbons (Fsp3) is 0.312. The van der Waals surface area contributed by atoms with Crippen molar-refractivity contribution >= 4 is 34.6 Å². The Hall–Kier alpha value is -1.93. The van der Waals surface area contributed by atoms with Crippen molar-refractivity contribution in [2.75, 3.05) is 0 Å². The highest BCUT2D eigenvalue weighted by atomic mass is 32.1. The second-order valence-electron chi connectivity index (χ2n) is 5.87. The molecule has 4 nitrogen and oxygen atoms in total. The highest BCUT2D eigenvalue weighted by Crippen LogP contribution is 2.39. The van der Waals surface area contributed by atoms with Gasteiger partial charge in [-0.25, -0.2) is 13.8 Å². The lowest BCUT2D eigenvalue weighted by molar-refractivity contribution is 0.153. The maximum absolute atomic E-state index is 13.6. The van der Waals surface area contributed by atoms with Gasteiger partial charge in [-0.2, -0.15) is 0 Å². The molecule has 4 rings (SSSR count). The Balaban J connectivity index is 2.13. The van der Waals surface area contributed by atoms with Crippen LogP contribution in [0.1, 0.15) is 35.7 Å². The van der Waals surface area contributed by atoms with Crippen molar-refractivity contribution in [3.8, 4) is 10.6 Å². The number of nitrogens with one attached hydrogen (secondary N) is 1. The normalized spacial score (nSPS) is 14.7. The summed E-state index contributed by atoms with van der Waals surface area (Å²) in [5.74, 6) is 0. The molecule has 3 heterocycles. The summed E-state index contributed by atoms with van der Waals surface area (Å²) >= 11 is 6.72. The van der Waals surface area contributed by atoms with Crippen LogP contribution in [0.3, 0.4) is 0 Å². The smallest absolute Gasteiger partial charge is 0.264 e. The number of aryl methyl sites for hydroxylation is 1. The molecule has 0 atom stereocenters. The molecule has 0 aliphatic heterocycles. The second kappa shape index (κ2) is 5.56. The number of rotatable bonds is 3. The highest BCUT2D eigenvalue weighted by Gasteiger charge is 2.28. The third-order valence-electron chi connectivity index (χ3n) is 4.07. The summed E-state index contributed by atoms with van der Waals surface area (Å²) in [7, 11) is 0. The molecule has 8 heteroatoms. The molecule has 0 bridgehead atoms. The van der Waals surface area contributed by atoms with E-state index in [-0.39, 0.29) is 27.4 Å². The Kier molecular flexibility index (Phi) is 3.61. The summed E-state index contributed by atoms with van der Waals surface area (Å²) in [5.41, 5.74) is -0.203. The van der Waals surface area contributed by atoms with Gasteiger partial charge >= 0.3 is 0 Å². The van der Waals surface area contributed by atoms with Gasteiger partial charge in [0.1, 0.15) is 5.65 Å². The van der Waals surface area contributed by atoms with E-state index in [4.69, 9.17) is 12.2 Å². The first-order valence-electron chi connectivity index (χ1n) is 7.50. The lowest BCUT2D eigenvalue weighted by Crippen LogP contribution is -2.17. The lowest BCUT2D eigenvalue weighted by Gasteiger charge is -2.13. The number of aromatic amines is 1. The summed E-state index contributed by atoms with van der Waals surface area (Å²) in [6.45, 7) is 1.94. The fourth-order valence-corrected chi connectivity index (χ4v) is 3.97. The van der Waals surface area contributed by atoms with E-state index < -0.39 is 12.0 Å². The topological polar surface area (TPSA) is 50.7 Å². The summed E-state index contributed by atoms with van der Waals surface area (Å²) in [5, 5.41) is -0.0671. The van der Waals surface area contributed by atoms with Crippen LogP contribution < -0.4 is 5.56 Å². The van der Waals surface area contributed by atoms with Crippen molar-refractivity contribution in [2.45, 2.75) is 32.2 Å². The van der Waals surface area contributed by atoms with Crippen LogP contribution in [0.25, 0.3) is 21.6 Å². The molecule has 3 aromatic rings. The van der Waals surface area contributed by atoms with Crippen molar-refractivity contribution < 1.29 is 8.78 Å². The van der Waals surface area contributed by atoms with Crippen LogP contribution in [-0.4, -0.2) is 14.5 Å². The van der Waals surface area contributed by atoms with Crippen LogP contribution >= 0.6 is 23.6 Å². The summed E-state index contributed by atoms with van der Waals surface area (Å²) in [4.78, 5) is 21.2. The van der Waals surface area contributed by atoms with Gasteiger partial charge in [-0.05, 0) is 50.2 Å². The minimum Gasteiger partial charge on any atom is -0.299 e. The Morgan fingerprint density at radius 2 is 2.17 bits per heavy atom. The minimum atomic E-state index is -2.76. The number of pyridine rings is 1. The number of aromatic nitrogens is 3. The largest absolute Gasteiger partial charge is 0.299 e. The number of H-pyrrole nitrogens is 1. The minimum absolute atomic E-state index is 0.0671. The van der Waals surface area contributed by atoms with Gasteiger partial charge in [-0.3, -0.25) is 14.3 Å². The van der Waals surface area contributed by atoms with Gasteiger partial charge in [-0.1, -0.05) is 0 Å². The quantitative estimate of drug-likeness (QED) is 0.681. The van der Waals surface area contributed by atoms with Crippen molar-refractivity contribution in [2.24, 2.45) is 0 Å². The molecule has 0 saturated heterocycles. The molecule has 0 amide bonds. The molecular formula is C16H13F2N3OS2. The summed E-state index contributed by atoms with van der Waals surface area (Å²) < 4.78 is 29.2. The standard InChI is InChI=1S/C16H13F2N3OS2/c1-7-2-5-11(24-7)10-6-9(13(17)18)12-14(19-10)21(8-3-4-8)16(23)20-15(12)22/h2,5-6,8,13H,3-4H2,1H3,(H,20,22,23). The van der Waals surface area contributed by atoms with Crippen molar-refractivity contribution in [3.05, 3.63) is 43.8 Å². The SMILES string of the molecule is Cc1ccc(-c2cc(C(F)F)c3c(=O)[nH]c(=S)n(C4CC4)c3n2)s1. The van der Waals surface area contributed by atoms with Gasteiger partial charge in [-0.15, -0.1) is 11.3 Å². The third kappa shape index (κ3) is 2.50. The number of hydrogen-bond acceptors (Lipinski definition) is 4. The first-order valence-corrected chi connectivity index (χ1v) is 8.72. The van der Waals surface area contributed by atoms with Gasteiger partial charge in [0.2, 0.25) is 0 Å². The molecule has 0 radical (unpaired) electrons. The summed E-state index contributed by atoms with van der Waals surface area (Å²) in [6.07, 6.45) is -0.951. The maximum Gasteiger partial charge on any atom is 0.264 e. The zero-order valence-electron chi connectivity index (χ0n) is 12.7. The van der Waals surface area contributed by atoms with E-state index >= 15 is 0 Å². The van der Waals surface area contributed by atoms with Gasteiger partial charge in [0, 0.05) is 16.5 Å². The molecule has 3 aromatic heterocycles. The van der Waals surface area contributed by atoms with Crippen LogP contribution in [0, 0.1) is 11.7 Å². The second-order valence-corrected chi connectivity index (χ2v) is 7.54. The van der Waals surface area contributed by atoms with Gasteiger partial charge in [0.05, 0.1) is 16.0 Å². The number of alkyl halides is 2. The lowest BCUT2D eigenvalue weighted by atomic mass is 10.1. The zero-order valence-corrected chi connectivity index (χ0v) is 14.3. The number of fused-ring (bicyclic) bond motifs is 1. The van der Waals surface area contributed by atoms with E-state index in [2.05, 4.69) is 9.97 Å². The molecule has 1 N–H and O–H groups in total. The van der Waals surface area contributed by atoms with Gasteiger partial charge in [0.25, 0.3) is 12.0 Å². The van der Waals surface area contributed by atoms with Crippen LogP contribution in [0.15, 0.2) is 23.0 Å². The molecule has 1 saturated carbocycles. The van der Waals surface area contributed by atoms with Gasteiger partial charge < -0.3 is 0 Å². The highest BCUT2D eigenvalue weighted by molar-refractivity contribution is 7.71. The Morgan fingerprint density at radius 1 is 1.42 bits per heavy atom. The van der Waals surface area contributed by atoms with E-state index in [0.717, 1.165) is 22.6 Å². The number of hydrogen-bond donors (Lipinski definition) is 1. The average molecular weight is 365 g/mol. The third-order valence-corrected chi connectivity index (χ3v) is 5.39. The fourth-order valence-electron chi connectivity index (χ4n) is 2.82. The van der Waals surface area contributed by atoms with Crippen LogP contribution in [0.5, 0.6) is 0 Å². The Morgan fingerprint density at radius 3 is 2.75 bits per heavy atom. The molecule has 24 heavy (non-hydrogen) atoms. The molecule has 1 aliphatic rings. The number of nitrogens with zero attached hydrogens (tertiary/aromatic N) is 2. The number of halogens is 2.